The van der Waals surface area contributed by atoms with Crippen molar-refractivity contribution in [2.24, 2.45) is 0 Å². The Morgan fingerprint density at radius 2 is 1.88 bits per heavy atom. The van der Waals surface area contributed by atoms with Crippen LogP contribution < -0.4 is 4.74 Å². The Morgan fingerprint density at radius 1 is 1.08 bits per heavy atom. The molecule has 0 aliphatic heterocycles. The van der Waals surface area contributed by atoms with Gasteiger partial charge < -0.3 is 14.0 Å². The quantitative estimate of drug-likeness (QED) is 0.304. The molecule has 2 aromatic carbocycles. The van der Waals surface area contributed by atoms with Crippen molar-refractivity contribution in [1.82, 2.24) is 4.57 Å². The van der Waals surface area contributed by atoms with Gasteiger partial charge in [-0.15, -0.1) is 0 Å². The molecule has 0 atom stereocenters. The third-order valence-corrected chi connectivity index (χ3v) is 4.69. The van der Waals surface area contributed by atoms with Crippen molar-refractivity contribution in [2.45, 2.75) is 26.3 Å². The van der Waals surface area contributed by atoms with Crippen LogP contribution in [0.15, 0.2) is 42.5 Å². The lowest BCUT2D eigenvalue weighted by Crippen LogP contribution is -2.13. The number of carbonyl (C=O) groups excluding carboxylic acids is 1. The summed E-state index contributed by atoms with van der Waals surface area (Å²) in [5, 5.41) is 3.24. The summed E-state index contributed by atoms with van der Waals surface area (Å²) in [5.41, 5.74) is 2.02. The fourth-order valence-corrected chi connectivity index (χ4v) is 3.41. The van der Waals surface area contributed by atoms with Crippen LogP contribution >= 0.6 is 15.9 Å². The molecular weight excluding hydrogens is 382 g/mol. The van der Waals surface area contributed by atoms with Gasteiger partial charge in [0.2, 0.25) is 0 Å². The molecule has 25 heavy (non-hydrogen) atoms. The summed E-state index contributed by atoms with van der Waals surface area (Å²) in [6.45, 7) is 3.10. The average Bonchev–Trinajstić information content (AvgIpc) is 2.93. The van der Waals surface area contributed by atoms with Crippen LogP contribution in [0.25, 0.3) is 21.8 Å². The van der Waals surface area contributed by atoms with Crippen molar-refractivity contribution in [3.8, 4) is 5.75 Å². The van der Waals surface area contributed by atoms with E-state index in [-0.39, 0.29) is 12.5 Å². The Bertz CT molecular complexity index is 872. The highest BCUT2D eigenvalue weighted by molar-refractivity contribution is 9.09. The molecule has 0 radical (unpaired) electrons. The van der Waals surface area contributed by atoms with E-state index >= 15 is 0 Å². The molecule has 5 heteroatoms. The van der Waals surface area contributed by atoms with E-state index in [2.05, 4.69) is 28.1 Å². The van der Waals surface area contributed by atoms with Crippen molar-refractivity contribution in [1.29, 1.82) is 0 Å². The standard InChI is InChI=1S/C20H22BrNO3/c1-2-24-20(23)14-22-18-8-4-3-7-16(18)17-10-9-15(13-19(17)22)25-12-6-5-11-21/h3-4,7-10,13H,2,5-6,11-12,14H2,1H3. The second-order valence-corrected chi connectivity index (χ2v) is 6.62. The second-order valence-electron chi connectivity index (χ2n) is 5.83. The van der Waals surface area contributed by atoms with Crippen molar-refractivity contribution in [2.75, 3.05) is 18.5 Å². The summed E-state index contributed by atoms with van der Waals surface area (Å²) in [6, 6.07) is 14.2. The Hall–Kier alpha value is -2.01. The maximum atomic E-state index is 12.0. The number of para-hydroxylation sites is 1. The van der Waals surface area contributed by atoms with Gasteiger partial charge >= 0.3 is 5.97 Å². The number of nitrogens with zero attached hydrogens (tertiary/aromatic N) is 1. The number of aromatic nitrogens is 1. The molecular formula is C20H22BrNO3. The molecule has 0 N–H and O–H groups in total. The minimum absolute atomic E-state index is 0.199. The Kier molecular flexibility index (Phi) is 5.97. The molecule has 3 rings (SSSR count). The van der Waals surface area contributed by atoms with Crippen LogP contribution in [0.2, 0.25) is 0 Å². The zero-order valence-electron chi connectivity index (χ0n) is 14.3. The van der Waals surface area contributed by atoms with Gasteiger partial charge in [-0.3, -0.25) is 4.79 Å². The smallest absolute Gasteiger partial charge is 0.325 e. The number of fused-ring (bicyclic) bond motifs is 3. The van der Waals surface area contributed by atoms with E-state index in [4.69, 9.17) is 9.47 Å². The molecule has 0 unspecified atom stereocenters. The highest BCUT2D eigenvalue weighted by Crippen LogP contribution is 2.31. The highest BCUT2D eigenvalue weighted by Gasteiger charge is 2.14. The van der Waals surface area contributed by atoms with E-state index in [0.717, 1.165) is 45.7 Å². The van der Waals surface area contributed by atoms with Crippen LogP contribution in [0.5, 0.6) is 5.75 Å². The first-order chi connectivity index (χ1) is 12.2. The number of alkyl halides is 1. The zero-order chi connectivity index (χ0) is 17.6. The number of unbranched alkanes of at least 4 members (excludes halogenated alkanes) is 1. The van der Waals surface area contributed by atoms with Crippen molar-refractivity contribution < 1.29 is 14.3 Å². The van der Waals surface area contributed by atoms with E-state index in [1.807, 2.05) is 41.8 Å². The molecule has 0 bridgehead atoms. The van der Waals surface area contributed by atoms with Gasteiger partial charge in [0.15, 0.2) is 0 Å². The lowest BCUT2D eigenvalue weighted by atomic mass is 10.1. The van der Waals surface area contributed by atoms with E-state index in [9.17, 15) is 4.79 Å². The summed E-state index contributed by atoms with van der Waals surface area (Å²) in [7, 11) is 0. The predicted molar refractivity (Wildman–Crippen MR) is 105 cm³/mol. The first kappa shape index (κ1) is 17.8. The van der Waals surface area contributed by atoms with Crippen LogP contribution in [-0.2, 0) is 16.1 Å². The number of carbonyl (C=O) groups is 1. The summed E-state index contributed by atoms with van der Waals surface area (Å²) in [4.78, 5) is 12.0. The summed E-state index contributed by atoms with van der Waals surface area (Å²) < 4.78 is 13.0. The van der Waals surface area contributed by atoms with Crippen LogP contribution in [0.4, 0.5) is 0 Å². The molecule has 4 nitrogen and oxygen atoms in total. The molecule has 0 saturated heterocycles. The minimum Gasteiger partial charge on any atom is -0.494 e. The molecule has 1 heterocycles. The number of hydrogen-bond acceptors (Lipinski definition) is 3. The molecule has 132 valence electrons. The van der Waals surface area contributed by atoms with Gasteiger partial charge in [-0.2, -0.15) is 0 Å². The lowest BCUT2D eigenvalue weighted by molar-refractivity contribution is -0.143. The number of esters is 1. The zero-order valence-corrected chi connectivity index (χ0v) is 15.9. The third kappa shape index (κ3) is 3.98. The molecule has 1 aromatic heterocycles. The first-order valence-electron chi connectivity index (χ1n) is 8.60. The number of ether oxygens (including phenoxy) is 2. The Balaban J connectivity index is 1.98. The number of rotatable bonds is 8. The molecule has 0 spiro atoms. The topological polar surface area (TPSA) is 40.5 Å². The third-order valence-electron chi connectivity index (χ3n) is 4.13. The van der Waals surface area contributed by atoms with Gasteiger partial charge in [-0.25, -0.2) is 0 Å². The number of benzene rings is 2. The predicted octanol–water partition coefficient (Wildman–Crippen LogP) is 4.91. The molecule has 0 fully saturated rings. The van der Waals surface area contributed by atoms with E-state index in [1.54, 1.807) is 0 Å². The first-order valence-corrected chi connectivity index (χ1v) is 9.72. The lowest BCUT2D eigenvalue weighted by Gasteiger charge is -2.09. The highest BCUT2D eigenvalue weighted by atomic mass is 79.9. The van der Waals surface area contributed by atoms with Crippen molar-refractivity contribution in [3.63, 3.8) is 0 Å². The molecule has 0 amide bonds. The van der Waals surface area contributed by atoms with Crippen molar-refractivity contribution in [3.05, 3.63) is 42.5 Å². The van der Waals surface area contributed by atoms with E-state index < -0.39 is 0 Å². The maximum absolute atomic E-state index is 12.0. The molecule has 3 aromatic rings. The van der Waals surface area contributed by atoms with Crippen LogP contribution in [-0.4, -0.2) is 29.1 Å². The fourth-order valence-electron chi connectivity index (χ4n) is 3.01. The Labute approximate surface area is 155 Å². The van der Waals surface area contributed by atoms with Crippen LogP contribution in [0.3, 0.4) is 0 Å². The SMILES string of the molecule is CCOC(=O)Cn1c2ccccc2c2ccc(OCCCCBr)cc21. The summed E-state index contributed by atoms with van der Waals surface area (Å²) >= 11 is 3.43. The largest absolute Gasteiger partial charge is 0.494 e. The molecule has 0 aliphatic carbocycles. The van der Waals surface area contributed by atoms with Gasteiger partial charge in [0.25, 0.3) is 0 Å². The van der Waals surface area contributed by atoms with Gasteiger partial charge in [-0.1, -0.05) is 34.1 Å². The normalized spacial score (nSPS) is 11.1. The van der Waals surface area contributed by atoms with E-state index in [0.29, 0.717) is 13.2 Å². The monoisotopic (exact) mass is 403 g/mol. The Morgan fingerprint density at radius 3 is 2.68 bits per heavy atom. The summed E-state index contributed by atoms with van der Waals surface area (Å²) in [6.07, 6.45) is 2.10. The molecule has 0 saturated carbocycles. The minimum atomic E-state index is -0.228. The summed E-state index contributed by atoms with van der Waals surface area (Å²) in [5.74, 6) is 0.601. The van der Waals surface area contributed by atoms with Crippen LogP contribution in [0, 0.1) is 0 Å². The maximum Gasteiger partial charge on any atom is 0.325 e. The molecule has 0 aliphatic rings. The van der Waals surface area contributed by atoms with Gasteiger partial charge in [0, 0.05) is 27.7 Å². The van der Waals surface area contributed by atoms with E-state index in [1.165, 1.54) is 0 Å². The number of hydrogen-bond donors (Lipinski definition) is 0. The van der Waals surface area contributed by atoms with Crippen LogP contribution in [0.1, 0.15) is 19.8 Å². The second kappa shape index (κ2) is 8.39. The van der Waals surface area contributed by atoms with Gasteiger partial charge in [0.05, 0.1) is 18.7 Å². The van der Waals surface area contributed by atoms with Gasteiger partial charge in [0.1, 0.15) is 12.3 Å². The average molecular weight is 404 g/mol. The van der Waals surface area contributed by atoms with Crippen molar-refractivity contribution >= 4 is 43.7 Å². The number of halogens is 1. The van der Waals surface area contributed by atoms with Gasteiger partial charge in [-0.05, 0) is 38.0 Å². The fraction of sp³-hybridized carbons (Fsp3) is 0.350.